The molecule has 5 heteroatoms. The van der Waals surface area contributed by atoms with Gasteiger partial charge in [0, 0.05) is 32.6 Å². The Morgan fingerprint density at radius 1 is 1.24 bits per heavy atom. The van der Waals surface area contributed by atoms with Crippen LogP contribution in [0.15, 0.2) is 47.5 Å². The third-order valence-corrected chi connectivity index (χ3v) is 4.55. The predicted octanol–water partition coefficient (Wildman–Crippen LogP) is 2.52. The third kappa shape index (κ3) is 4.50. The first-order chi connectivity index (χ1) is 12.2. The second-order valence-corrected chi connectivity index (χ2v) is 6.53. The van der Waals surface area contributed by atoms with Gasteiger partial charge in [0.05, 0.1) is 6.54 Å². The fourth-order valence-electron chi connectivity index (χ4n) is 3.15. The largest absolute Gasteiger partial charge is 0.357 e. The zero-order valence-electron chi connectivity index (χ0n) is 15.0. The average molecular weight is 338 g/mol. The van der Waals surface area contributed by atoms with Crippen LogP contribution in [0.2, 0.25) is 0 Å². The zero-order valence-corrected chi connectivity index (χ0v) is 15.0. The number of likely N-dealkylation sites (tertiary alicyclic amines) is 1. The molecule has 1 amide bonds. The number of carbonyl (C=O) groups excluding carboxylic acids is 1. The molecule has 1 saturated heterocycles. The van der Waals surface area contributed by atoms with Crippen LogP contribution in [-0.4, -0.2) is 42.9 Å². The van der Waals surface area contributed by atoms with Crippen LogP contribution in [0.1, 0.15) is 25.3 Å². The number of nitrogens with one attached hydrogen (secondary N) is 2. The molecular formula is C20H26N4O. The molecule has 0 spiro atoms. The molecule has 5 nitrogen and oxygen atoms in total. The number of fused-ring (bicyclic) bond motifs is 1. The van der Waals surface area contributed by atoms with E-state index in [2.05, 4.69) is 60.0 Å². The molecule has 0 radical (unpaired) electrons. The van der Waals surface area contributed by atoms with E-state index >= 15 is 0 Å². The van der Waals surface area contributed by atoms with Crippen molar-refractivity contribution in [2.24, 2.45) is 4.99 Å². The number of aliphatic imine (C=N–C) groups is 1. The standard InChI is InChI=1S/C20H26N4O/c1-3-21-20(23-18-10-11-19(25)24(2)14-18)22-13-15-8-9-16-6-4-5-7-17(16)12-15/h4-9,12,18H,3,10-11,13-14H2,1-2H3,(H2,21,22,23). The number of guanidine groups is 1. The van der Waals surface area contributed by atoms with Gasteiger partial charge in [0.2, 0.25) is 5.91 Å². The van der Waals surface area contributed by atoms with Gasteiger partial charge in [0.1, 0.15) is 0 Å². The van der Waals surface area contributed by atoms with Crippen LogP contribution in [0.25, 0.3) is 10.8 Å². The van der Waals surface area contributed by atoms with Gasteiger partial charge in [-0.25, -0.2) is 4.99 Å². The summed E-state index contributed by atoms with van der Waals surface area (Å²) >= 11 is 0. The van der Waals surface area contributed by atoms with Crippen molar-refractivity contribution in [1.82, 2.24) is 15.5 Å². The molecule has 2 aromatic rings. The molecule has 2 N–H and O–H groups in total. The average Bonchev–Trinajstić information content (AvgIpc) is 2.63. The number of benzene rings is 2. The van der Waals surface area contributed by atoms with E-state index in [1.54, 1.807) is 4.90 Å². The van der Waals surface area contributed by atoms with Crippen LogP contribution in [0, 0.1) is 0 Å². The van der Waals surface area contributed by atoms with Gasteiger partial charge in [-0.3, -0.25) is 4.79 Å². The fourth-order valence-corrected chi connectivity index (χ4v) is 3.15. The molecule has 1 atom stereocenters. The topological polar surface area (TPSA) is 56.7 Å². The molecule has 132 valence electrons. The van der Waals surface area contributed by atoms with Crippen LogP contribution in [-0.2, 0) is 11.3 Å². The van der Waals surface area contributed by atoms with Gasteiger partial charge in [0.25, 0.3) is 0 Å². The Kier molecular flexibility index (Phi) is 5.53. The minimum absolute atomic E-state index is 0.219. The number of amides is 1. The zero-order chi connectivity index (χ0) is 17.6. The van der Waals surface area contributed by atoms with Crippen molar-refractivity contribution in [3.05, 3.63) is 48.0 Å². The van der Waals surface area contributed by atoms with Crippen molar-refractivity contribution < 1.29 is 4.79 Å². The van der Waals surface area contributed by atoms with E-state index < -0.39 is 0 Å². The van der Waals surface area contributed by atoms with Crippen molar-refractivity contribution in [3.8, 4) is 0 Å². The van der Waals surface area contributed by atoms with Crippen LogP contribution in [0.4, 0.5) is 0 Å². The molecule has 0 bridgehead atoms. The van der Waals surface area contributed by atoms with E-state index in [0.717, 1.165) is 25.5 Å². The monoisotopic (exact) mass is 338 g/mol. The Morgan fingerprint density at radius 2 is 2.04 bits per heavy atom. The highest BCUT2D eigenvalue weighted by atomic mass is 16.2. The molecule has 25 heavy (non-hydrogen) atoms. The number of nitrogens with zero attached hydrogens (tertiary/aromatic N) is 2. The van der Waals surface area contributed by atoms with E-state index in [1.807, 2.05) is 7.05 Å². The third-order valence-electron chi connectivity index (χ3n) is 4.55. The quantitative estimate of drug-likeness (QED) is 0.665. The molecule has 1 fully saturated rings. The second kappa shape index (κ2) is 8.01. The summed E-state index contributed by atoms with van der Waals surface area (Å²) in [6, 6.07) is 15.1. The number of hydrogen-bond acceptors (Lipinski definition) is 2. The first-order valence-corrected chi connectivity index (χ1v) is 8.92. The van der Waals surface area contributed by atoms with Crippen molar-refractivity contribution in [2.75, 3.05) is 20.1 Å². The Bertz CT molecular complexity index is 771. The Hall–Kier alpha value is -2.56. The summed E-state index contributed by atoms with van der Waals surface area (Å²) in [6.45, 7) is 4.22. The van der Waals surface area contributed by atoms with Crippen LogP contribution >= 0.6 is 0 Å². The molecule has 3 rings (SSSR count). The maximum absolute atomic E-state index is 11.6. The molecule has 1 aliphatic heterocycles. The lowest BCUT2D eigenvalue weighted by Crippen LogP contribution is -2.51. The summed E-state index contributed by atoms with van der Waals surface area (Å²) in [7, 11) is 1.86. The SMILES string of the molecule is CCNC(=NCc1ccc2ccccc2c1)NC1CCC(=O)N(C)C1. The fraction of sp³-hybridized carbons (Fsp3) is 0.400. The van der Waals surface area contributed by atoms with Gasteiger partial charge in [-0.1, -0.05) is 36.4 Å². The van der Waals surface area contributed by atoms with Crippen LogP contribution < -0.4 is 10.6 Å². The number of piperidine rings is 1. The predicted molar refractivity (Wildman–Crippen MR) is 103 cm³/mol. The first kappa shape index (κ1) is 17.3. The smallest absolute Gasteiger partial charge is 0.222 e. The van der Waals surface area contributed by atoms with E-state index in [9.17, 15) is 4.79 Å². The normalized spacial score (nSPS) is 18.5. The molecule has 0 aliphatic carbocycles. The van der Waals surface area contributed by atoms with Crippen molar-refractivity contribution in [2.45, 2.75) is 32.4 Å². The van der Waals surface area contributed by atoms with Crippen molar-refractivity contribution in [3.63, 3.8) is 0 Å². The lowest BCUT2D eigenvalue weighted by atomic mass is 10.1. The van der Waals surface area contributed by atoms with Gasteiger partial charge >= 0.3 is 0 Å². The molecule has 0 aromatic heterocycles. The molecule has 1 heterocycles. The lowest BCUT2D eigenvalue weighted by molar-refractivity contribution is -0.132. The minimum atomic E-state index is 0.219. The Labute approximate surface area is 149 Å². The van der Waals surface area contributed by atoms with E-state index in [0.29, 0.717) is 13.0 Å². The maximum Gasteiger partial charge on any atom is 0.222 e. The van der Waals surface area contributed by atoms with Crippen molar-refractivity contribution in [1.29, 1.82) is 0 Å². The van der Waals surface area contributed by atoms with E-state index in [-0.39, 0.29) is 11.9 Å². The highest BCUT2D eigenvalue weighted by Gasteiger charge is 2.23. The van der Waals surface area contributed by atoms with Crippen LogP contribution in [0.3, 0.4) is 0 Å². The molecule has 2 aromatic carbocycles. The number of hydrogen-bond donors (Lipinski definition) is 2. The van der Waals surface area contributed by atoms with Gasteiger partial charge in [-0.15, -0.1) is 0 Å². The molecular weight excluding hydrogens is 312 g/mol. The molecule has 0 saturated carbocycles. The highest BCUT2D eigenvalue weighted by molar-refractivity contribution is 5.83. The Balaban J connectivity index is 1.67. The number of likely N-dealkylation sites (N-methyl/N-ethyl adjacent to an activating group) is 1. The van der Waals surface area contributed by atoms with Gasteiger partial charge < -0.3 is 15.5 Å². The van der Waals surface area contributed by atoms with Gasteiger partial charge in [0.15, 0.2) is 5.96 Å². The summed E-state index contributed by atoms with van der Waals surface area (Å²) in [6.07, 6.45) is 1.45. The number of rotatable bonds is 4. The summed E-state index contributed by atoms with van der Waals surface area (Å²) in [5.41, 5.74) is 1.19. The lowest BCUT2D eigenvalue weighted by Gasteiger charge is -2.31. The summed E-state index contributed by atoms with van der Waals surface area (Å²) in [5, 5.41) is 9.24. The minimum Gasteiger partial charge on any atom is -0.357 e. The van der Waals surface area contributed by atoms with Crippen LogP contribution in [0.5, 0.6) is 0 Å². The van der Waals surface area contributed by atoms with E-state index in [1.165, 1.54) is 16.3 Å². The summed E-state index contributed by atoms with van der Waals surface area (Å²) < 4.78 is 0. The van der Waals surface area contributed by atoms with Gasteiger partial charge in [-0.05, 0) is 35.7 Å². The summed E-state index contributed by atoms with van der Waals surface area (Å²) in [5.74, 6) is 1.03. The molecule has 1 unspecified atom stereocenters. The highest BCUT2D eigenvalue weighted by Crippen LogP contribution is 2.16. The van der Waals surface area contributed by atoms with Gasteiger partial charge in [-0.2, -0.15) is 0 Å². The molecule has 1 aliphatic rings. The maximum atomic E-state index is 11.6. The first-order valence-electron chi connectivity index (χ1n) is 8.92. The number of carbonyl (C=O) groups is 1. The second-order valence-electron chi connectivity index (χ2n) is 6.53. The Morgan fingerprint density at radius 3 is 2.80 bits per heavy atom. The van der Waals surface area contributed by atoms with E-state index in [4.69, 9.17) is 4.99 Å². The van der Waals surface area contributed by atoms with Crippen molar-refractivity contribution >= 4 is 22.6 Å². The summed E-state index contributed by atoms with van der Waals surface area (Å²) in [4.78, 5) is 18.1.